The molecule has 7 rings (SSSR count). The smallest absolute Gasteiger partial charge is 0.266 e. The van der Waals surface area contributed by atoms with E-state index < -0.39 is 0 Å². The zero-order valence-electron chi connectivity index (χ0n) is 19.9. The highest BCUT2D eigenvalue weighted by Gasteiger charge is 2.53. The number of aliphatic hydroxyl groups excluding tert-OH is 1. The van der Waals surface area contributed by atoms with Crippen LogP contribution in [0.3, 0.4) is 0 Å². The minimum absolute atomic E-state index is 0.0689. The van der Waals surface area contributed by atoms with Gasteiger partial charge in [-0.1, -0.05) is 59.6 Å². The number of thioether (sulfide) groups is 1. The Morgan fingerprint density at radius 3 is 2.58 bits per heavy atom. The maximum absolute atomic E-state index is 13.7. The van der Waals surface area contributed by atoms with Gasteiger partial charge in [0.1, 0.15) is 4.32 Å². The van der Waals surface area contributed by atoms with Gasteiger partial charge in [-0.3, -0.25) is 9.69 Å². The molecule has 1 aliphatic heterocycles. The molecule has 1 aromatic carbocycles. The number of carbonyl (C=O) groups excluding carboxylic acids is 1. The van der Waals surface area contributed by atoms with Crippen molar-refractivity contribution in [3.8, 4) is 22.3 Å². The van der Waals surface area contributed by atoms with Crippen LogP contribution in [0.2, 0.25) is 5.02 Å². The van der Waals surface area contributed by atoms with Crippen LogP contribution in [0.25, 0.3) is 16.5 Å². The summed E-state index contributed by atoms with van der Waals surface area (Å²) in [5.41, 5.74) is 1.93. The molecule has 0 radical (unpaired) electrons. The van der Waals surface area contributed by atoms with E-state index in [2.05, 4.69) is 17.9 Å². The van der Waals surface area contributed by atoms with Gasteiger partial charge in [-0.05, 0) is 92.0 Å². The molecule has 1 amide bonds. The van der Waals surface area contributed by atoms with Crippen molar-refractivity contribution >= 4 is 63.2 Å². The van der Waals surface area contributed by atoms with Gasteiger partial charge >= 0.3 is 0 Å². The second-order valence-electron chi connectivity index (χ2n) is 10.5. The molecule has 5 aliphatic rings. The van der Waals surface area contributed by atoms with Crippen LogP contribution in [0.1, 0.15) is 55.4 Å². The van der Waals surface area contributed by atoms with Crippen molar-refractivity contribution in [2.45, 2.75) is 51.0 Å². The molecular weight excluding hydrogens is 526 g/mol. The summed E-state index contributed by atoms with van der Waals surface area (Å²) in [6.45, 7) is 0.131. The van der Waals surface area contributed by atoms with E-state index in [-0.39, 0.29) is 18.6 Å². The Morgan fingerprint density at radius 2 is 1.89 bits per heavy atom. The monoisotopic (exact) mass is 553 g/mol. The predicted molar refractivity (Wildman–Crippen MR) is 154 cm³/mol. The number of benzene rings is 1. The van der Waals surface area contributed by atoms with E-state index >= 15 is 0 Å². The van der Waals surface area contributed by atoms with Gasteiger partial charge in [-0.25, -0.2) is 0 Å². The maximum Gasteiger partial charge on any atom is 0.266 e. The van der Waals surface area contributed by atoms with Crippen LogP contribution in [-0.4, -0.2) is 32.9 Å². The number of carbonyl (C=O) groups is 1. The van der Waals surface area contributed by atoms with Gasteiger partial charge in [0, 0.05) is 39.4 Å². The highest BCUT2D eigenvalue weighted by atomic mass is 35.5. The molecule has 36 heavy (non-hydrogen) atoms. The summed E-state index contributed by atoms with van der Waals surface area (Å²) < 4.78 is 0.714. The molecule has 7 heteroatoms. The van der Waals surface area contributed by atoms with E-state index in [0.717, 1.165) is 32.7 Å². The van der Waals surface area contributed by atoms with Crippen LogP contribution < -0.4 is 0 Å². The van der Waals surface area contributed by atoms with Crippen LogP contribution in [0, 0.1) is 35.5 Å². The third-order valence-corrected chi connectivity index (χ3v) is 10.8. The third-order valence-electron chi connectivity index (χ3n) is 8.11. The molecule has 1 saturated heterocycles. The van der Waals surface area contributed by atoms with E-state index in [0.29, 0.717) is 38.9 Å². The molecule has 186 valence electrons. The number of aliphatic hydroxyl groups is 1. The zero-order chi connectivity index (χ0) is 24.8. The molecule has 2 heterocycles. The molecule has 4 aliphatic carbocycles. The van der Waals surface area contributed by atoms with Crippen molar-refractivity contribution in [3.63, 3.8) is 0 Å². The lowest BCUT2D eigenvalue weighted by Crippen LogP contribution is -2.57. The standard InChI is InChI=1S/C29H28ClNO2S3/c30-23-7-4-6-19(14-23)24-15-20(5-2-1-3-8-32)25(35-24)16-26-28(33)31(29(34)36-26)27-21-10-17-9-18(12-21)13-22(27)11-17/h4,6-7,14-18,21-22,27,32H,1,3,8-13H2. The first-order valence-corrected chi connectivity index (χ1v) is 15.2. The van der Waals surface area contributed by atoms with Crippen LogP contribution >= 0.6 is 46.9 Å². The van der Waals surface area contributed by atoms with Gasteiger partial charge in [-0.2, -0.15) is 0 Å². The number of rotatable bonds is 5. The Morgan fingerprint density at radius 1 is 1.14 bits per heavy atom. The Hall–Kier alpha value is -1.62. The van der Waals surface area contributed by atoms with Crippen molar-refractivity contribution in [2.75, 3.05) is 6.61 Å². The van der Waals surface area contributed by atoms with Crippen molar-refractivity contribution in [2.24, 2.45) is 23.7 Å². The molecule has 4 saturated carbocycles. The number of nitrogens with zero attached hydrogens (tertiary/aromatic N) is 1. The zero-order valence-corrected chi connectivity index (χ0v) is 23.1. The average Bonchev–Trinajstić information content (AvgIpc) is 3.37. The van der Waals surface area contributed by atoms with Gasteiger partial charge in [0.15, 0.2) is 0 Å². The number of thiophene rings is 1. The summed E-state index contributed by atoms with van der Waals surface area (Å²) in [6, 6.07) is 10.2. The Labute approximate surface area is 231 Å². The van der Waals surface area contributed by atoms with Crippen LogP contribution in [0.4, 0.5) is 0 Å². The summed E-state index contributed by atoms with van der Waals surface area (Å²) in [5.74, 6) is 9.45. The van der Waals surface area contributed by atoms with E-state index in [1.165, 1.54) is 43.9 Å². The number of unbranched alkanes of at least 4 members (excludes halogenated alkanes) is 1. The SMILES string of the molecule is O=C1C(=Cc2sc(-c3cccc(Cl)c3)cc2C#CCCCO)SC(=S)N1C1C2CC3CC(C2)CC1C3. The minimum Gasteiger partial charge on any atom is -0.396 e. The summed E-state index contributed by atoms with van der Waals surface area (Å²) >= 11 is 15.1. The third kappa shape index (κ3) is 4.70. The quantitative estimate of drug-likeness (QED) is 0.184. The fourth-order valence-corrected chi connectivity index (χ4v) is 9.54. The predicted octanol–water partition coefficient (Wildman–Crippen LogP) is 7.22. The first kappa shape index (κ1) is 24.7. The van der Waals surface area contributed by atoms with Crippen molar-refractivity contribution in [3.05, 3.63) is 50.7 Å². The minimum atomic E-state index is 0.0689. The molecule has 0 spiro atoms. The molecular formula is C29H28ClNO2S3. The molecule has 4 bridgehead atoms. The molecule has 2 aromatic rings. The fourth-order valence-electron chi connectivity index (χ4n) is 6.89. The topological polar surface area (TPSA) is 40.5 Å². The maximum atomic E-state index is 13.7. The lowest BCUT2D eigenvalue weighted by atomic mass is 9.54. The van der Waals surface area contributed by atoms with E-state index in [1.807, 2.05) is 35.2 Å². The van der Waals surface area contributed by atoms with Crippen molar-refractivity contribution in [1.29, 1.82) is 0 Å². The fraction of sp³-hybridized carbons (Fsp3) is 0.448. The molecule has 1 N–H and O–H groups in total. The Balaban J connectivity index is 1.31. The molecule has 0 atom stereocenters. The lowest BCUT2D eigenvalue weighted by molar-refractivity contribution is -0.130. The second-order valence-corrected chi connectivity index (χ2v) is 13.7. The van der Waals surface area contributed by atoms with Crippen LogP contribution in [0.5, 0.6) is 0 Å². The van der Waals surface area contributed by atoms with Crippen molar-refractivity contribution < 1.29 is 9.90 Å². The number of hydrogen-bond donors (Lipinski definition) is 1. The number of thiocarbonyl (C=S) groups is 1. The van der Waals surface area contributed by atoms with Gasteiger partial charge < -0.3 is 5.11 Å². The Bertz CT molecular complexity index is 1280. The summed E-state index contributed by atoms with van der Waals surface area (Å²) in [7, 11) is 0. The van der Waals surface area contributed by atoms with Crippen LogP contribution in [0.15, 0.2) is 35.2 Å². The molecule has 3 nitrogen and oxygen atoms in total. The number of amides is 1. The van der Waals surface area contributed by atoms with Gasteiger partial charge in [0.05, 0.1) is 4.91 Å². The van der Waals surface area contributed by atoms with E-state index in [4.69, 9.17) is 28.9 Å². The Kier molecular flexibility index (Phi) is 7.05. The highest BCUT2D eigenvalue weighted by Crippen LogP contribution is 2.56. The lowest BCUT2D eigenvalue weighted by Gasteiger charge is -2.56. The number of halogens is 1. The summed E-state index contributed by atoms with van der Waals surface area (Å²) in [4.78, 5) is 18.5. The summed E-state index contributed by atoms with van der Waals surface area (Å²) in [6.07, 6.45) is 9.71. The molecule has 0 unspecified atom stereocenters. The number of hydrogen-bond acceptors (Lipinski definition) is 5. The largest absolute Gasteiger partial charge is 0.396 e. The first-order chi connectivity index (χ1) is 17.5. The van der Waals surface area contributed by atoms with Crippen LogP contribution in [-0.2, 0) is 4.79 Å². The van der Waals surface area contributed by atoms with E-state index in [1.54, 1.807) is 11.3 Å². The first-order valence-electron chi connectivity index (χ1n) is 12.8. The van der Waals surface area contributed by atoms with Crippen molar-refractivity contribution in [1.82, 2.24) is 4.90 Å². The highest BCUT2D eigenvalue weighted by molar-refractivity contribution is 8.26. The van der Waals surface area contributed by atoms with Gasteiger partial charge in [0.25, 0.3) is 5.91 Å². The van der Waals surface area contributed by atoms with Gasteiger partial charge in [-0.15, -0.1) is 11.3 Å². The average molecular weight is 554 g/mol. The summed E-state index contributed by atoms with van der Waals surface area (Å²) in [5, 5.41) is 9.79. The van der Waals surface area contributed by atoms with E-state index in [9.17, 15) is 4.79 Å². The van der Waals surface area contributed by atoms with Gasteiger partial charge in [0.2, 0.25) is 0 Å². The molecule has 5 fully saturated rings. The molecule has 1 aromatic heterocycles. The second kappa shape index (κ2) is 10.3. The normalized spacial score (nSPS) is 29.8.